The minimum atomic E-state index is 0.862. The van der Waals surface area contributed by atoms with Gasteiger partial charge in [-0.25, -0.2) is 4.68 Å². The average molecular weight is 230 g/mol. The van der Waals surface area contributed by atoms with Gasteiger partial charge in [-0.2, -0.15) is 5.10 Å². The summed E-state index contributed by atoms with van der Waals surface area (Å²) in [5, 5.41) is 7.65. The molecule has 90 valence electrons. The molecule has 0 saturated heterocycles. The van der Waals surface area contributed by atoms with Crippen molar-refractivity contribution in [2.75, 3.05) is 7.05 Å². The molecule has 0 aliphatic carbocycles. The molecule has 0 saturated carbocycles. The first-order valence-corrected chi connectivity index (χ1v) is 5.97. The molecule has 4 nitrogen and oxygen atoms in total. The van der Waals surface area contributed by atoms with Crippen LogP contribution in [-0.4, -0.2) is 21.8 Å². The van der Waals surface area contributed by atoms with E-state index < -0.39 is 0 Å². The van der Waals surface area contributed by atoms with E-state index in [1.165, 1.54) is 11.3 Å². The maximum atomic E-state index is 4.47. The number of nitrogens with zero attached hydrogens (tertiary/aromatic N) is 3. The van der Waals surface area contributed by atoms with Crippen molar-refractivity contribution in [3.63, 3.8) is 0 Å². The maximum absolute atomic E-state index is 4.47. The van der Waals surface area contributed by atoms with Gasteiger partial charge < -0.3 is 5.32 Å². The molecule has 2 rings (SSSR count). The first-order valence-electron chi connectivity index (χ1n) is 5.97. The second-order valence-electron chi connectivity index (χ2n) is 4.01. The number of hydrogen-bond donors (Lipinski definition) is 1. The largest absolute Gasteiger partial charge is 0.316 e. The molecule has 0 amide bonds. The normalized spacial score (nSPS) is 10.7. The lowest BCUT2D eigenvalue weighted by atomic mass is 10.1. The van der Waals surface area contributed by atoms with Gasteiger partial charge in [-0.1, -0.05) is 13.3 Å². The number of pyridine rings is 1. The molecule has 0 fully saturated rings. The van der Waals surface area contributed by atoms with Crippen LogP contribution in [0.15, 0.2) is 30.7 Å². The van der Waals surface area contributed by atoms with Crippen LogP contribution in [0.3, 0.4) is 0 Å². The molecule has 0 radical (unpaired) electrons. The second kappa shape index (κ2) is 5.59. The van der Waals surface area contributed by atoms with Crippen LogP contribution in [0.1, 0.15) is 24.6 Å². The Labute approximate surface area is 102 Å². The van der Waals surface area contributed by atoms with Crippen molar-refractivity contribution in [3.8, 4) is 5.69 Å². The first kappa shape index (κ1) is 11.8. The standard InChI is InChI=1S/C13H18N4/c1-3-4-13-11(9-14-2)10-16-17(13)12-5-7-15-8-6-12/h5-8,10,14H,3-4,9H2,1-2H3. The van der Waals surface area contributed by atoms with Crippen LogP contribution in [0.2, 0.25) is 0 Å². The van der Waals surface area contributed by atoms with Gasteiger partial charge in [0, 0.05) is 30.2 Å². The highest BCUT2D eigenvalue weighted by molar-refractivity contribution is 5.33. The Hall–Kier alpha value is -1.68. The topological polar surface area (TPSA) is 42.7 Å². The summed E-state index contributed by atoms with van der Waals surface area (Å²) in [6.07, 6.45) is 7.70. The Morgan fingerprint density at radius 3 is 2.71 bits per heavy atom. The van der Waals surface area contributed by atoms with Gasteiger partial charge in [0.2, 0.25) is 0 Å². The van der Waals surface area contributed by atoms with Crippen LogP contribution in [0.5, 0.6) is 0 Å². The Balaban J connectivity index is 2.40. The fraction of sp³-hybridized carbons (Fsp3) is 0.385. The van der Waals surface area contributed by atoms with Gasteiger partial charge in [0.1, 0.15) is 0 Å². The van der Waals surface area contributed by atoms with Crippen LogP contribution < -0.4 is 5.32 Å². The molecule has 17 heavy (non-hydrogen) atoms. The van der Waals surface area contributed by atoms with Crippen molar-refractivity contribution in [2.24, 2.45) is 0 Å². The number of aromatic nitrogens is 3. The summed E-state index contributed by atoms with van der Waals surface area (Å²) in [4.78, 5) is 4.04. The average Bonchev–Trinajstić information content (AvgIpc) is 2.75. The summed E-state index contributed by atoms with van der Waals surface area (Å²) in [6.45, 7) is 3.05. The van der Waals surface area contributed by atoms with E-state index in [-0.39, 0.29) is 0 Å². The van der Waals surface area contributed by atoms with Crippen molar-refractivity contribution in [3.05, 3.63) is 42.0 Å². The monoisotopic (exact) mass is 230 g/mol. The number of rotatable bonds is 5. The predicted octanol–water partition coefficient (Wildman–Crippen LogP) is 1.94. The fourth-order valence-electron chi connectivity index (χ4n) is 1.96. The molecule has 0 spiro atoms. The smallest absolute Gasteiger partial charge is 0.0679 e. The number of nitrogens with one attached hydrogen (secondary N) is 1. The minimum absolute atomic E-state index is 0.862. The molecule has 2 heterocycles. The zero-order valence-corrected chi connectivity index (χ0v) is 10.3. The van der Waals surface area contributed by atoms with Crippen molar-refractivity contribution in [1.82, 2.24) is 20.1 Å². The summed E-state index contributed by atoms with van der Waals surface area (Å²) in [5.74, 6) is 0. The van der Waals surface area contributed by atoms with E-state index in [0.717, 1.165) is 25.1 Å². The van der Waals surface area contributed by atoms with E-state index in [2.05, 4.69) is 22.3 Å². The molecular weight excluding hydrogens is 212 g/mol. The Kier molecular flexibility index (Phi) is 3.88. The van der Waals surface area contributed by atoms with E-state index in [1.54, 1.807) is 12.4 Å². The van der Waals surface area contributed by atoms with Gasteiger partial charge >= 0.3 is 0 Å². The molecule has 4 heteroatoms. The molecule has 0 aromatic carbocycles. The molecule has 1 N–H and O–H groups in total. The molecule has 0 atom stereocenters. The van der Waals surface area contributed by atoms with E-state index in [9.17, 15) is 0 Å². The second-order valence-corrected chi connectivity index (χ2v) is 4.01. The van der Waals surface area contributed by atoms with Crippen molar-refractivity contribution in [2.45, 2.75) is 26.3 Å². The zero-order valence-electron chi connectivity index (χ0n) is 10.3. The van der Waals surface area contributed by atoms with Gasteiger partial charge in [0.05, 0.1) is 11.9 Å². The van der Waals surface area contributed by atoms with Crippen molar-refractivity contribution in [1.29, 1.82) is 0 Å². The van der Waals surface area contributed by atoms with Crippen LogP contribution in [0.4, 0.5) is 0 Å². The third kappa shape index (κ3) is 2.53. The van der Waals surface area contributed by atoms with Gasteiger partial charge in [-0.05, 0) is 25.6 Å². The highest BCUT2D eigenvalue weighted by Gasteiger charge is 2.10. The van der Waals surface area contributed by atoms with E-state index in [4.69, 9.17) is 0 Å². The molecular formula is C13H18N4. The quantitative estimate of drug-likeness (QED) is 0.853. The fourth-order valence-corrected chi connectivity index (χ4v) is 1.96. The SMILES string of the molecule is CCCc1c(CNC)cnn1-c1ccncc1. The summed E-state index contributed by atoms with van der Waals surface area (Å²) >= 11 is 0. The highest BCUT2D eigenvalue weighted by atomic mass is 15.3. The van der Waals surface area contributed by atoms with Crippen LogP contribution in [-0.2, 0) is 13.0 Å². The van der Waals surface area contributed by atoms with E-state index >= 15 is 0 Å². The molecule has 0 unspecified atom stereocenters. The van der Waals surface area contributed by atoms with Gasteiger partial charge in [0.25, 0.3) is 0 Å². The van der Waals surface area contributed by atoms with Crippen LogP contribution in [0, 0.1) is 0 Å². The molecule has 0 aliphatic rings. The predicted molar refractivity (Wildman–Crippen MR) is 68.1 cm³/mol. The summed E-state index contributed by atoms with van der Waals surface area (Å²) < 4.78 is 2.01. The van der Waals surface area contributed by atoms with E-state index in [0.29, 0.717) is 0 Å². The summed E-state index contributed by atoms with van der Waals surface area (Å²) in [5.41, 5.74) is 3.63. The Morgan fingerprint density at radius 2 is 2.06 bits per heavy atom. The minimum Gasteiger partial charge on any atom is -0.316 e. The van der Waals surface area contributed by atoms with Crippen molar-refractivity contribution < 1.29 is 0 Å². The molecule has 0 aliphatic heterocycles. The first-order chi connectivity index (χ1) is 8.36. The van der Waals surface area contributed by atoms with E-state index in [1.807, 2.05) is 30.1 Å². The van der Waals surface area contributed by atoms with Gasteiger partial charge in [0.15, 0.2) is 0 Å². The number of hydrogen-bond acceptors (Lipinski definition) is 3. The molecule has 0 bridgehead atoms. The van der Waals surface area contributed by atoms with Crippen LogP contribution >= 0.6 is 0 Å². The summed E-state index contributed by atoms with van der Waals surface area (Å²) in [6, 6.07) is 3.96. The van der Waals surface area contributed by atoms with Crippen molar-refractivity contribution >= 4 is 0 Å². The van der Waals surface area contributed by atoms with Gasteiger partial charge in [-0.3, -0.25) is 4.98 Å². The highest BCUT2D eigenvalue weighted by Crippen LogP contribution is 2.16. The third-order valence-electron chi connectivity index (χ3n) is 2.72. The Bertz CT molecular complexity index is 462. The third-order valence-corrected chi connectivity index (χ3v) is 2.72. The summed E-state index contributed by atoms with van der Waals surface area (Å²) in [7, 11) is 1.96. The lowest BCUT2D eigenvalue weighted by Crippen LogP contribution is -2.09. The molecule has 2 aromatic rings. The lowest BCUT2D eigenvalue weighted by molar-refractivity contribution is 0.749. The maximum Gasteiger partial charge on any atom is 0.0679 e. The lowest BCUT2D eigenvalue weighted by Gasteiger charge is -2.08. The zero-order chi connectivity index (χ0) is 12.1. The molecule has 2 aromatic heterocycles. The Morgan fingerprint density at radius 1 is 1.29 bits per heavy atom. The van der Waals surface area contributed by atoms with Gasteiger partial charge in [-0.15, -0.1) is 0 Å². The van der Waals surface area contributed by atoms with Crippen LogP contribution in [0.25, 0.3) is 5.69 Å².